The molecule has 5 heteroatoms. The molecule has 0 radical (unpaired) electrons. The summed E-state index contributed by atoms with van der Waals surface area (Å²) >= 11 is 0. The second-order valence-corrected chi connectivity index (χ2v) is 7.38. The third-order valence-electron chi connectivity index (χ3n) is 5.77. The third kappa shape index (κ3) is 2.99. The van der Waals surface area contributed by atoms with Crippen molar-refractivity contribution in [2.75, 3.05) is 25.0 Å². The summed E-state index contributed by atoms with van der Waals surface area (Å²) in [4.78, 5) is 26.0. The van der Waals surface area contributed by atoms with E-state index in [1.54, 1.807) is 12.4 Å². The molecule has 2 fully saturated rings. The van der Waals surface area contributed by atoms with Crippen LogP contribution in [0.15, 0.2) is 48.8 Å². The minimum Gasteiger partial charge on any atom is -0.341 e. The van der Waals surface area contributed by atoms with Gasteiger partial charge < -0.3 is 9.80 Å². The molecule has 2 aromatic rings. The maximum atomic E-state index is 13.2. The Morgan fingerprint density at radius 3 is 2.56 bits per heavy atom. The highest BCUT2D eigenvalue weighted by molar-refractivity contribution is 5.81. The van der Waals surface area contributed by atoms with Crippen LogP contribution < -0.4 is 4.90 Å². The summed E-state index contributed by atoms with van der Waals surface area (Å²) < 4.78 is 0. The fourth-order valence-electron chi connectivity index (χ4n) is 4.25. The molecule has 1 atom stereocenters. The van der Waals surface area contributed by atoms with Crippen molar-refractivity contribution in [3.8, 4) is 0 Å². The van der Waals surface area contributed by atoms with Gasteiger partial charge in [0.05, 0.1) is 5.92 Å². The molecular weight excluding hydrogens is 312 g/mol. The molecule has 2 heterocycles. The average Bonchev–Trinajstić information content (AvgIpc) is 3.04. The molecule has 130 valence electrons. The SMILES string of the molecule is CN(Cc1ccccc1)C(=O)C1CN(c2ncccn2)CC12CCC2. The quantitative estimate of drug-likeness (QED) is 0.861. The molecule has 5 nitrogen and oxygen atoms in total. The van der Waals surface area contributed by atoms with E-state index in [9.17, 15) is 4.79 Å². The number of hydrogen-bond donors (Lipinski definition) is 0. The van der Waals surface area contributed by atoms with Crippen LogP contribution in [0.2, 0.25) is 0 Å². The first kappa shape index (κ1) is 16.1. The molecular formula is C20H24N4O. The predicted octanol–water partition coefficient (Wildman–Crippen LogP) is 2.74. The molecule has 1 aliphatic carbocycles. The normalized spacial score (nSPS) is 21.2. The zero-order chi connectivity index (χ0) is 17.3. The minimum absolute atomic E-state index is 0.0405. The Bertz CT molecular complexity index is 730. The van der Waals surface area contributed by atoms with Gasteiger partial charge in [-0.05, 0) is 24.5 Å². The average molecular weight is 336 g/mol. The lowest BCUT2D eigenvalue weighted by Crippen LogP contribution is -2.45. The summed E-state index contributed by atoms with van der Waals surface area (Å²) in [6.07, 6.45) is 7.02. The Labute approximate surface area is 148 Å². The molecule has 0 bridgehead atoms. The van der Waals surface area contributed by atoms with E-state index in [-0.39, 0.29) is 17.2 Å². The van der Waals surface area contributed by atoms with Gasteiger partial charge in [0.2, 0.25) is 11.9 Å². The van der Waals surface area contributed by atoms with E-state index in [2.05, 4.69) is 27.0 Å². The number of carbonyl (C=O) groups is 1. The summed E-state index contributed by atoms with van der Waals surface area (Å²) in [7, 11) is 1.92. The van der Waals surface area contributed by atoms with Gasteiger partial charge in [-0.25, -0.2) is 9.97 Å². The van der Waals surface area contributed by atoms with Gasteiger partial charge >= 0.3 is 0 Å². The van der Waals surface area contributed by atoms with E-state index in [0.717, 1.165) is 31.9 Å². The van der Waals surface area contributed by atoms with Crippen LogP contribution in [0.3, 0.4) is 0 Å². The van der Waals surface area contributed by atoms with Crippen LogP contribution in [0.1, 0.15) is 24.8 Å². The number of anilines is 1. The second-order valence-electron chi connectivity index (χ2n) is 7.38. The molecule has 1 aromatic heterocycles. The topological polar surface area (TPSA) is 49.3 Å². The van der Waals surface area contributed by atoms with Crippen molar-refractivity contribution in [1.82, 2.24) is 14.9 Å². The van der Waals surface area contributed by atoms with Gasteiger partial charge in [-0.15, -0.1) is 0 Å². The summed E-state index contributed by atoms with van der Waals surface area (Å²) in [5, 5.41) is 0. The Kier molecular flexibility index (Phi) is 4.15. The third-order valence-corrected chi connectivity index (χ3v) is 5.77. The van der Waals surface area contributed by atoms with Gasteiger partial charge in [-0.3, -0.25) is 4.79 Å². The molecule has 25 heavy (non-hydrogen) atoms. The number of aromatic nitrogens is 2. The van der Waals surface area contributed by atoms with Crippen molar-refractivity contribution < 1.29 is 4.79 Å². The van der Waals surface area contributed by atoms with Gasteiger partial charge in [-0.1, -0.05) is 36.8 Å². The van der Waals surface area contributed by atoms with E-state index >= 15 is 0 Å². The second kappa shape index (κ2) is 6.47. The maximum Gasteiger partial charge on any atom is 0.228 e. The van der Waals surface area contributed by atoms with Crippen LogP contribution in [0.25, 0.3) is 0 Å². The van der Waals surface area contributed by atoms with Crippen molar-refractivity contribution in [1.29, 1.82) is 0 Å². The van der Waals surface area contributed by atoms with Crippen molar-refractivity contribution in [2.24, 2.45) is 11.3 Å². The first-order valence-electron chi connectivity index (χ1n) is 8.99. The molecule has 1 aromatic carbocycles. The standard InChI is InChI=1S/C20H24N4O/c1-23(13-16-7-3-2-4-8-16)18(25)17-14-24(15-20(17)9-5-10-20)19-21-11-6-12-22-19/h2-4,6-8,11-12,17H,5,9-10,13-15H2,1H3. The summed E-state index contributed by atoms with van der Waals surface area (Å²) in [6, 6.07) is 12.0. The number of benzene rings is 1. The van der Waals surface area contributed by atoms with E-state index in [0.29, 0.717) is 6.54 Å². The van der Waals surface area contributed by atoms with Gasteiger partial charge in [0, 0.05) is 44.5 Å². The van der Waals surface area contributed by atoms with Gasteiger partial charge in [-0.2, -0.15) is 0 Å². The Morgan fingerprint density at radius 2 is 1.92 bits per heavy atom. The van der Waals surface area contributed by atoms with Crippen LogP contribution in [0.4, 0.5) is 5.95 Å². The van der Waals surface area contributed by atoms with Crippen LogP contribution in [-0.4, -0.2) is 40.9 Å². The van der Waals surface area contributed by atoms with E-state index in [1.165, 1.54) is 12.0 Å². The lowest BCUT2D eigenvalue weighted by atomic mass is 9.62. The Hall–Kier alpha value is -2.43. The smallest absolute Gasteiger partial charge is 0.228 e. The molecule has 1 spiro atoms. The Balaban J connectivity index is 1.51. The zero-order valence-electron chi connectivity index (χ0n) is 14.6. The summed E-state index contributed by atoms with van der Waals surface area (Å²) in [5.74, 6) is 1.04. The number of carbonyl (C=O) groups excluding carboxylic acids is 1. The molecule has 1 saturated heterocycles. The van der Waals surface area contributed by atoms with Crippen molar-refractivity contribution in [3.05, 3.63) is 54.4 Å². The highest BCUT2D eigenvalue weighted by atomic mass is 16.2. The molecule has 4 rings (SSSR count). The van der Waals surface area contributed by atoms with Crippen molar-refractivity contribution >= 4 is 11.9 Å². The molecule has 0 N–H and O–H groups in total. The van der Waals surface area contributed by atoms with Crippen LogP contribution in [-0.2, 0) is 11.3 Å². The van der Waals surface area contributed by atoms with Crippen molar-refractivity contribution in [2.45, 2.75) is 25.8 Å². The van der Waals surface area contributed by atoms with Gasteiger partial charge in [0.25, 0.3) is 0 Å². The minimum atomic E-state index is 0.0405. The number of hydrogen-bond acceptors (Lipinski definition) is 4. The fraction of sp³-hybridized carbons (Fsp3) is 0.450. The molecule has 2 aliphatic rings. The predicted molar refractivity (Wildman–Crippen MR) is 96.9 cm³/mol. The number of nitrogens with zero attached hydrogens (tertiary/aromatic N) is 4. The molecule has 1 unspecified atom stereocenters. The van der Waals surface area contributed by atoms with Gasteiger partial charge in [0.1, 0.15) is 0 Å². The molecule has 1 aliphatic heterocycles. The highest BCUT2D eigenvalue weighted by Crippen LogP contribution is 2.52. The van der Waals surface area contributed by atoms with E-state index < -0.39 is 0 Å². The highest BCUT2D eigenvalue weighted by Gasteiger charge is 2.54. The van der Waals surface area contributed by atoms with E-state index in [4.69, 9.17) is 0 Å². The fourth-order valence-corrected chi connectivity index (χ4v) is 4.25. The summed E-state index contributed by atoms with van der Waals surface area (Å²) in [5.41, 5.74) is 1.28. The molecule has 1 amide bonds. The number of amides is 1. The van der Waals surface area contributed by atoms with E-state index in [1.807, 2.05) is 36.2 Å². The maximum absolute atomic E-state index is 13.2. The first-order valence-corrected chi connectivity index (χ1v) is 8.99. The number of rotatable bonds is 4. The Morgan fingerprint density at radius 1 is 1.20 bits per heavy atom. The first-order chi connectivity index (χ1) is 12.2. The lowest BCUT2D eigenvalue weighted by molar-refractivity contribution is -0.139. The van der Waals surface area contributed by atoms with Crippen molar-refractivity contribution in [3.63, 3.8) is 0 Å². The van der Waals surface area contributed by atoms with Gasteiger partial charge in [0.15, 0.2) is 0 Å². The lowest BCUT2D eigenvalue weighted by Gasteiger charge is -2.42. The molecule has 1 saturated carbocycles. The summed E-state index contributed by atoms with van der Waals surface area (Å²) in [6.45, 7) is 2.28. The van der Waals surface area contributed by atoms with Crippen LogP contribution in [0.5, 0.6) is 0 Å². The van der Waals surface area contributed by atoms with Crippen LogP contribution in [0, 0.1) is 11.3 Å². The zero-order valence-corrected chi connectivity index (χ0v) is 14.6. The largest absolute Gasteiger partial charge is 0.341 e. The monoisotopic (exact) mass is 336 g/mol. The van der Waals surface area contributed by atoms with Crippen LogP contribution >= 0.6 is 0 Å².